The second-order valence-electron chi connectivity index (χ2n) is 3.79. The van der Waals surface area contributed by atoms with Crippen LogP contribution in [-0.4, -0.2) is 41.1 Å². The molecule has 1 amide bonds. The molecule has 0 fully saturated rings. The van der Waals surface area contributed by atoms with Gasteiger partial charge in [-0.05, 0) is 6.92 Å². The van der Waals surface area contributed by atoms with Gasteiger partial charge in [0.1, 0.15) is 0 Å². The number of alkyl halides is 3. The zero-order chi connectivity index (χ0) is 13.6. The number of rotatable bonds is 6. The lowest BCUT2D eigenvalue weighted by Crippen LogP contribution is -2.37. The Kier molecular flexibility index (Phi) is 5.98. The van der Waals surface area contributed by atoms with E-state index in [4.69, 9.17) is 5.11 Å². The van der Waals surface area contributed by atoms with E-state index in [0.717, 1.165) is 4.90 Å². The van der Waals surface area contributed by atoms with Gasteiger partial charge in [0.05, 0.1) is 12.3 Å². The van der Waals surface area contributed by atoms with Gasteiger partial charge >= 0.3 is 12.1 Å². The first-order chi connectivity index (χ1) is 7.67. The summed E-state index contributed by atoms with van der Waals surface area (Å²) in [5, 5.41) is 8.65. The highest BCUT2D eigenvalue weighted by molar-refractivity contribution is 5.77. The lowest BCUT2D eigenvalue weighted by molar-refractivity contribution is -0.150. The van der Waals surface area contributed by atoms with Gasteiger partial charge in [0.15, 0.2) is 0 Å². The molecular weight excluding hydrogens is 239 g/mol. The summed E-state index contributed by atoms with van der Waals surface area (Å²) in [5.41, 5.74) is 0. The summed E-state index contributed by atoms with van der Waals surface area (Å²) in [6.07, 6.45) is -6.18. The third-order valence-corrected chi connectivity index (χ3v) is 2.27. The zero-order valence-corrected chi connectivity index (χ0v) is 9.75. The van der Waals surface area contributed by atoms with Crippen LogP contribution in [0.2, 0.25) is 0 Å². The van der Waals surface area contributed by atoms with E-state index in [0.29, 0.717) is 0 Å². The van der Waals surface area contributed by atoms with Crippen molar-refractivity contribution in [2.45, 2.75) is 32.9 Å². The number of halogens is 3. The van der Waals surface area contributed by atoms with Crippen LogP contribution < -0.4 is 0 Å². The summed E-state index contributed by atoms with van der Waals surface area (Å²) in [4.78, 5) is 23.1. The molecule has 1 unspecified atom stereocenters. The molecule has 17 heavy (non-hydrogen) atoms. The number of carbonyl (C=O) groups excluding carboxylic acids is 1. The van der Waals surface area contributed by atoms with Gasteiger partial charge in [0.2, 0.25) is 5.91 Å². The summed E-state index contributed by atoms with van der Waals surface area (Å²) in [5.74, 6) is -2.53. The van der Waals surface area contributed by atoms with Crippen molar-refractivity contribution in [3.63, 3.8) is 0 Å². The molecule has 0 saturated carbocycles. The Labute approximate surface area is 97.4 Å². The van der Waals surface area contributed by atoms with Crippen LogP contribution in [0.1, 0.15) is 26.7 Å². The summed E-state index contributed by atoms with van der Waals surface area (Å²) in [6, 6.07) is 0. The molecule has 1 N–H and O–H groups in total. The molecule has 0 aliphatic rings. The fraction of sp³-hybridized carbons (Fsp3) is 0.800. The minimum Gasteiger partial charge on any atom is -0.481 e. The van der Waals surface area contributed by atoms with Crippen LogP contribution in [0.25, 0.3) is 0 Å². The molecule has 0 spiro atoms. The Morgan fingerprint density at radius 2 is 1.88 bits per heavy atom. The molecule has 0 aromatic heterocycles. The SMILES string of the molecule is CCN(CC(C)C(=O)O)C(=O)CCC(F)(F)F. The van der Waals surface area contributed by atoms with Gasteiger partial charge in [0, 0.05) is 19.5 Å². The molecule has 0 aromatic carbocycles. The highest BCUT2D eigenvalue weighted by Gasteiger charge is 2.29. The predicted octanol–water partition coefficient (Wildman–Crippen LogP) is 1.90. The van der Waals surface area contributed by atoms with E-state index >= 15 is 0 Å². The lowest BCUT2D eigenvalue weighted by Gasteiger charge is -2.23. The number of carboxylic acids is 1. The summed E-state index contributed by atoms with van der Waals surface area (Å²) in [7, 11) is 0. The monoisotopic (exact) mass is 255 g/mol. The Hall–Kier alpha value is -1.27. The molecule has 1 atom stereocenters. The first-order valence-electron chi connectivity index (χ1n) is 5.24. The van der Waals surface area contributed by atoms with Gasteiger partial charge < -0.3 is 10.0 Å². The van der Waals surface area contributed by atoms with Crippen molar-refractivity contribution in [1.82, 2.24) is 4.90 Å². The molecule has 0 radical (unpaired) electrons. The lowest BCUT2D eigenvalue weighted by atomic mass is 10.1. The second-order valence-corrected chi connectivity index (χ2v) is 3.79. The normalized spacial score (nSPS) is 13.2. The molecule has 0 aromatic rings. The molecule has 4 nitrogen and oxygen atoms in total. The molecule has 0 aliphatic carbocycles. The van der Waals surface area contributed by atoms with Crippen LogP contribution in [0.3, 0.4) is 0 Å². The van der Waals surface area contributed by atoms with Gasteiger partial charge in [-0.1, -0.05) is 6.92 Å². The van der Waals surface area contributed by atoms with Gasteiger partial charge in [-0.15, -0.1) is 0 Å². The average Bonchev–Trinajstić information content (AvgIpc) is 2.20. The highest BCUT2D eigenvalue weighted by Crippen LogP contribution is 2.21. The Morgan fingerprint density at radius 1 is 1.35 bits per heavy atom. The Balaban J connectivity index is 4.27. The van der Waals surface area contributed by atoms with Gasteiger partial charge in [-0.3, -0.25) is 9.59 Å². The van der Waals surface area contributed by atoms with Crippen LogP contribution in [0.4, 0.5) is 13.2 Å². The summed E-state index contributed by atoms with van der Waals surface area (Å²) in [6.45, 7) is 3.14. The van der Waals surface area contributed by atoms with Crippen molar-refractivity contribution < 1.29 is 27.9 Å². The highest BCUT2D eigenvalue weighted by atomic mass is 19.4. The maximum Gasteiger partial charge on any atom is 0.389 e. The Morgan fingerprint density at radius 3 is 2.24 bits per heavy atom. The fourth-order valence-corrected chi connectivity index (χ4v) is 1.22. The minimum atomic E-state index is -4.37. The van der Waals surface area contributed by atoms with Gasteiger partial charge in [-0.2, -0.15) is 13.2 Å². The van der Waals surface area contributed by atoms with Gasteiger partial charge in [-0.25, -0.2) is 0 Å². The fourth-order valence-electron chi connectivity index (χ4n) is 1.22. The second kappa shape index (κ2) is 6.46. The number of nitrogens with zero attached hydrogens (tertiary/aromatic N) is 1. The number of hydrogen-bond donors (Lipinski definition) is 1. The zero-order valence-electron chi connectivity index (χ0n) is 9.75. The largest absolute Gasteiger partial charge is 0.481 e. The number of carboxylic acid groups (broad SMARTS) is 1. The third kappa shape index (κ3) is 6.80. The van der Waals surface area contributed by atoms with Crippen LogP contribution in [0.15, 0.2) is 0 Å². The van der Waals surface area contributed by atoms with Crippen molar-refractivity contribution >= 4 is 11.9 Å². The van der Waals surface area contributed by atoms with Gasteiger partial charge in [0.25, 0.3) is 0 Å². The number of hydrogen-bond acceptors (Lipinski definition) is 2. The maximum absolute atomic E-state index is 11.9. The van der Waals surface area contributed by atoms with E-state index in [1.54, 1.807) is 6.92 Å². The number of carbonyl (C=O) groups is 2. The van der Waals surface area contributed by atoms with Crippen molar-refractivity contribution in [1.29, 1.82) is 0 Å². The molecule has 0 aliphatic heterocycles. The molecule has 7 heteroatoms. The average molecular weight is 255 g/mol. The van der Waals surface area contributed by atoms with E-state index in [2.05, 4.69) is 0 Å². The van der Waals surface area contributed by atoms with Crippen molar-refractivity contribution in [2.24, 2.45) is 5.92 Å². The van der Waals surface area contributed by atoms with E-state index < -0.39 is 36.8 Å². The van der Waals surface area contributed by atoms with Crippen molar-refractivity contribution in [3.8, 4) is 0 Å². The number of aliphatic carboxylic acids is 1. The van der Waals surface area contributed by atoms with Crippen LogP contribution >= 0.6 is 0 Å². The number of amides is 1. The molecule has 0 rings (SSSR count). The predicted molar refractivity (Wildman–Crippen MR) is 54.3 cm³/mol. The van der Waals surface area contributed by atoms with E-state index in [9.17, 15) is 22.8 Å². The smallest absolute Gasteiger partial charge is 0.389 e. The molecule has 0 heterocycles. The topological polar surface area (TPSA) is 57.6 Å². The van der Waals surface area contributed by atoms with Crippen LogP contribution in [0.5, 0.6) is 0 Å². The van der Waals surface area contributed by atoms with E-state index in [-0.39, 0.29) is 13.1 Å². The maximum atomic E-state index is 11.9. The van der Waals surface area contributed by atoms with Crippen molar-refractivity contribution in [2.75, 3.05) is 13.1 Å². The van der Waals surface area contributed by atoms with Crippen molar-refractivity contribution in [3.05, 3.63) is 0 Å². The van der Waals surface area contributed by atoms with E-state index in [1.807, 2.05) is 0 Å². The first kappa shape index (κ1) is 15.7. The summed E-state index contributed by atoms with van der Waals surface area (Å²) >= 11 is 0. The first-order valence-corrected chi connectivity index (χ1v) is 5.24. The van der Waals surface area contributed by atoms with E-state index in [1.165, 1.54) is 6.92 Å². The molecule has 0 bridgehead atoms. The quantitative estimate of drug-likeness (QED) is 0.788. The van der Waals surface area contributed by atoms with Crippen LogP contribution in [-0.2, 0) is 9.59 Å². The summed E-state index contributed by atoms with van der Waals surface area (Å²) < 4.78 is 35.7. The molecule has 100 valence electrons. The Bertz CT molecular complexity index is 278. The van der Waals surface area contributed by atoms with Crippen LogP contribution in [0, 0.1) is 5.92 Å². The molecular formula is C10H16F3NO3. The minimum absolute atomic E-state index is 0.0669. The third-order valence-electron chi connectivity index (χ3n) is 2.27. The standard InChI is InChI=1S/C10H16F3NO3/c1-3-14(6-7(2)9(16)17)8(15)4-5-10(11,12)13/h7H,3-6H2,1-2H3,(H,16,17). The molecule has 0 saturated heterocycles.